The Labute approximate surface area is 503 Å². The number of pyridine rings is 2. The lowest BCUT2D eigenvalue weighted by atomic mass is 9.59. The monoisotopic (exact) mass is 1190 g/mol. The van der Waals surface area contributed by atoms with E-state index < -0.39 is 37.0 Å². The average molecular weight is 1190 g/mol. The third-order valence-corrected chi connectivity index (χ3v) is 21.2. The minimum absolute atomic E-state index is 0.0205. The van der Waals surface area contributed by atoms with Crippen LogP contribution in [0.25, 0.3) is 11.0 Å². The first-order valence-electron chi connectivity index (χ1n) is 30.8. The molecule has 7 aliphatic rings. The number of nitro groups is 1. The molecule has 86 heavy (non-hydrogen) atoms. The molecule has 8 heterocycles. The quantitative estimate of drug-likeness (QED) is 0.0558. The molecule has 13 rings (SSSR count). The van der Waals surface area contributed by atoms with E-state index in [2.05, 4.69) is 87.7 Å². The minimum Gasteiger partial charge on any atom is -0.493 e. The van der Waals surface area contributed by atoms with Crippen LogP contribution in [0.2, 0.25) is 0 Å². The summed E-state index contributed by atoms with van der Waals surface area (Å²) in [5.74, 6) is 1.77. The molecule has 21 nitrogen and oxygen atoms in total. The van der Waals surface area contributed by atoms with E-state index >= 15 is 0 Å². The predicted molar refractivity (Wildman–Crippen MR) is 332 cm³/mol. The number of hydrogen-bond acceptors (Lipinski definition) is 18. The van der Waals surface area contributed by atoms with Crippen molar-refractivity contribution >= 4 is 67.0 Å². The van der Waals surface area contributed by atoms with E-state index in [1.165, 1.54) is 23.3 Å². The molecular weight excluding hydrogens is 1110 g/mol. The van der Waals surface area contributed by atoms with Crippen molar-refractivity contribution in [3.8, 4) is 5.75 Å². The Kier molecular flexibility index (Phi) is 16.1. The van der Waals surface area contributed by atoms with Crippen molar-refractivity contribution in [2.24, 2.45) is 11.3 Å². The number of methoxy groups -OCH3 is 1. The third kappa shape index (κ3) is 11.8. The second-order valence-electron chi connectivity index (χ2n) is 25.4. The molecule has 6 fully saturated rings. The van der Waals surface area contributed by atoms with Crippen LogP contribution in [-0.2, 0) is 26.0 Å². The molecule has 2 saturated carbocycles. The number of nitrogens with one attached hydrogen (secondary N) is 3. The van der Waals surface area contributed by atoms with Crippen LogP contribution in [0.1, 0.15) is 97.8 Å². The number of aromatic amines is 1. The number of sulfonamides is 1. The van der Waals surface area contributed by atoms with E-state index in [1.54, 1.807) is 13.2 Å². The number of aliphatic hydroxyl groups is 1. The van der Waals surface area contributed by atoms with Crippen molar-refractivity contribution in [3.05, 3.63) is 124 Å². The zero-order chi connectivity index (χ0) is 59.3. The van der Waals surface area contributed by atoms with E-state index in [0.717, 1.165) is 142 Å². The van der Waals surface area contributed by atoms with Crippen molar-refractivity contribution < 1.29 is 37.5 Å². The van der Waals surface area contributed by atoms with E-state index in [4.69, 9.17) is 24.2 Å². The smallest absolute Gasteiger partial charge is 0.293 e. The number of hydrogen-bond donors (Lipinski definition) is 4. The number of piperazine rings is 1. The van der Waals surface area contributed by atoms with Crippen molar-refractivity contribution in [2.75, 3.05) is 124 Å². The SMILES string of the molecule is COc1cc(CN2CCN(C3CC4(CCN(c5ccc(C(=O)NS(=O)(=O)c6ccc(NC[C@H]7CC[C@](C)(O)CC7)c([N+](=O)[O-])c6)c(N6CC[C@@H]7COCCN7c7nc8[nH]ccc8cc76)c5)CC4)C3)[C@H](c3ccccc3C)C2)cnc1N1CCOCC1. The van der Waals surface area contributed by atoms with Gasteiger partial charge in [0, 0.05) is 114 Å². The topological polar surface area (TPSA) is 227 Å². The van der Waals surface area contributed by atoms with Gasteiger partial charge in [-0.05, 0) is 148 Å². The Hall–Kier alpha value is -7.08. The van der Waals surface area contributed by atoms with Gasteiger partial charge in [0.2, 0.25) is 0 Å². The molecule has 4 N–H and O–H groups in total. The van der Waals surface area contributed by atoms with Crippen molar-refractivity contribution in [3.63, 3.8) is 0 Å². The van der Waals surface area contributed by atoms with Crippen molar-refractivity contribution in [2.45, 2.75) is 107 Å². The van der Waals surface area contributed by atoms with Crippen LogP contribution in [0.4, 0.5) is 40.1 Å². The van der Waals surface area contributed by atoms with Gasteiger partial charge >= 0.3 is 0 Å². The van der Waals surface area contributed by atoms with Gasteiger partial charge in [-0.3, -0.25) is 24.7 Å². The fourth-order valence-corrected chi connectivity index (χ4v) is 15.8. The zero-order valence-electron chi connectivity index (χ0n) is 49.6. The molecule has 0 unspecified atom stereocenters. The van der Waals surface area contributed by atoms with E-state index in [-0.39, 0.29) is 34.7 Å². The van der Waals surface area contributed by atoms with E-state index in [9.17, 15) is 28.4 Å². The number of benzene rings is 3. The van der Waals surface area contributed by atoms with Gasteiger partial charge in [0.1, 0.15) is 11.3 Å². The highest BCUT2D eigenvalue weighted by molar-refractivity contribution is 7.90. The number of ether oxygens (including phenoxy) is 3. The molecule has 4 saturated heterocycles. The molecule has 2 atom stereocenters. The highest BCUT2D eigenvalue weighted by atomic mass is 32.2. The number of nitro benzene ring substituents is 1. The highest BCUT2D eigenvalue weighted by Crippen LogP contribution is 2.54. The number of aromatic nitrogens is 3. The van der Waals surface area contributed by atoms with Crippen LogP contribution in [0, 0.1) is 28.4 Å². The molecule has 0 radical (unpaired) electrons. The molecule has 22 heteroatoms. The summed E-state index contributed by atoms with van der Waals surface area (Å²) >= 11 is 0. The molecule has 3 aromatic carbocycles. The third-order valence-electron chi connectivity index (χ3n) is 19.8. The Morgan fingerprint density at radius 1 is 0.860 bits per heavy atom. The molecule has 1 spiro atoms. The maximum atomic E-state index is 14.9. The van der Waals surface area contributed by atoms with Gasteiger partial charge in [0.25, 0.3) is 21.6 Å². The number of anilines is 6. The summed E-state index contributed by atoms with van der Waals surface area (Å²) in [5, 5.41) is 27.0. The van der Waals surface area contributed by atoms with Crippen LogP contribution in [0.5, 0.6) is 5.75 Å². The summed E-state index contributed by atoms with van der Waals surface area (Å²) in [5.41, 5.74) is 6.24. The second-order valence-corrected chi connectivity index (χ2v) is 27.0. The molecule has 3 aromatic heterocycles. The van der Waals surface area contributed by atoms with Crippen molar-refractivity contribution in [1.82, 2.24) is 29.5 Å². The van der Waals surface area contributed by atoms with Gasteiger partial charge in [0.05, 0.1) is 71.9 Å². The molecule has 2 aliphatic carbocycles. The van der Waals surface area contributed by atoms with E-state index in [0.29, 0.717) is 77.1 Å². The van der Waals surface area contributed by atoms with Gasteiger partial charge < -0.3 is 49.2 Å². The highest BCUT2D eigenvalue weighted by Gasteiger charge is 2.50. The Morgan fingerprint density at radius 2 is 1.65 bits per heavy atom. The molecule has 6 aromatic rings. The van der Waals surface area contributed by atoms with Crippen LogP contribution in [0.3, 0.4) is 0 Å². The first kappa shape index (κ1) is 58.0. The van der Waals surface area contributed by atoms with Crippen LogP contribution < -0.4 is 34.4 Å². The molecule has 5 aliphatic heterocycles. The normalized spacial score (nSPS) is 24.0. The van der Waals surface area contributed by atoms with Crippen molar-refractivity contribution in [1.29, 1.82) is 0 Å². The number of nitrogens with zero attached hydrogens (tertiary/aromatic N) is 9. The summed E-state index contributed by atoms with van der Waals surface area (Å²) in [7, 11) is -2.90. The summed E-state index contributed by atoms with van der Waals surface area (Å²) in [4.78, 5) is 54.1. The zero-order valence-corrected chi connectivity index (χ0v) is 50.4. The summed E-state index contributed by atoms with van der Waals surface area (Å²) in [6.45, 7) is 14.9. The molecule has 0 bridgehead atoms. The fourth-order valence-electron chi connectivity index (χ4n) is 14.8. The minimum atomic E-state index is -4.63. The first-order chi connectivity index (χ1) is 41.6. The largest absolute Gasteiger partial charge is 0.493 e. The van der Waals surface area contributed by atoms with Crippen LogP contribution in [-0.4, -0.2) is 166 Å². The lowest BCUT2D eigenvalue weighted by Gasteiger charge is -2.58. The number of piperidine rings is 1. The number of amides is 1. The Balaban J connectivity index is 0.737. The predicted octanol–water partition coefficient (Wildman–Crippen LogP) is 8.55. The summed E-state index contributed by atoms with van der Waals surface area (Å²) in [6.07, 6.45) is 11.7. The maximum Gasteiger partial charge on any atom is 0.293 e. The van der Waals surface area contributed by atoms with Gasteiger partial charge in [-0.15, -0.1) is 0 Å². The number of fused-ring (bicyclic) bond motifs is 4. The number of H-pyrrole nitrogens is 1. The molecule has 456 valence electrons. The van der Waals surface area contributed by atoms with Gasteiger partial charge in [0.15, 0.2) is 17.4 Å². The van der Waals surface area contributed by atoms with Crippen LogP contribution in [0.15, 0.2) is 96.2 Å². The summed E-state index contributed by atoms with van der Waals surface area (Å²) < 4.78 is 48.5. The number of carbonyl (C=O) groups is 1. The first-order valence-corrected chi connectivity index (χ1v) is 32.3. The number of rotatable bonds is 15. The van der Waals surface area contributed by atoms with Gasteiger partial charge in [-0.2, -0.15) is 0 Å². The number of aryl methyl sites for hydroxylation is 1. The lowest BCUT2D eigenvalue weighted by Crippen LogP contribution is -2.59. The Morgan fingerprint density at radius 3 is 2.43 bits per heavy atom. The van der Waals surface area contributed by atoms with Gasteiger partial charge in [-0.1, -0.05) is 24.3 Å². The average Bonchev–Trinajstić information content (AvgIpc) is 1.56. The maximum absolute atomic E-state index is 14.9. The van der Waals surface area contributed by atoms with Crippen LogP contribution >= 0.6 is 0 Å². The Bertz CT molecular complexity index is 3590. The standard InChI is InChI=1S/C64H80N12O9S/c1-43-6-4-5-7-51(43)57-41-70(40-45-32-58(83-3)61(67-39-45)72-26-29-84-30-27-72)24-25-73(57)49-36-64(37-49)18-22-71(23-19-64)47-8-10-52(54(34-47)75-21-15-48-42-85-31-28-74(48)60-56(75)33-46-14-20-65-59(46)68-60)62(77)69-86(81,82)50-9-11-53(55(35-50)76(79)80)66-38-44-12-16-63(2,78)17-13-44/h4-11,14,20,32-35,39,44,48-49,57,66,78H,12-13,15-19,21-31,36-38,40-42H2,1-3H3,(H,65,68)(H,69,77)/t44-,48-,57+,63-/m1/s1. The van der Waals surface area contributed by atoms with Gasteiger partial charge in [-0.25, -0.2) is 23.1 Å². The second kappa shape index (κ2) is 23.9. The lowest BCUT2D eigenvalue weighted by molar-refractivity contribution is -0.384. The van der Waals surface area contributed by atoms with E-state index in [1.807, 2.05) is 37.5 Å². The molecular formula is C64H80N12O9S. The molecule has 1 amide bonds. The summed E-state index contributed by atoms with van der Waals surface area (Å²) in [6, 6.07) is 25.2. The fraction of sp³-hybridized carbons (Fsp3) is 0.516. The number of carbonyl (C=O) groups excluding carboxylic acids is 1. The number of morpholine rings is 2.